The van der Waals surface area contributed by atoms with Gasteiger partial charge in [-0.15, -0.1) is 16.4 Å². The molecule has 170 valence electrons. The molecule has 0 spiro atoms. The fourth-order valence-corrected chi connectivity index (χ4v) is 5.46. The average Bonchev–Trinajstić information content (AvgIpc) is 2.86. The fraction of sp³-hybridized carbons (Fsp3) is 0.103. The molecule has 0 aromatic heterocycles. The van der Waals surface area contributed by atoms with Crippen LogP contribution in [0.3, 0.4) is 0 Å². The maximum atomic E-state index is 14.0. The molecule has 0 unspecified atom stereocenters. The molecule has 5 rings (SSSR count). The minimum Gasteiger partial charge on any atom is -0.662 e. The zero-order chi connectivity index (χ0) is 23.7. The van der Waals surface area contributed by atoms with Crippen molar-refractivity contribution in [1.29, 1.82) is 0 Å². The summed E-state index contributed by atoms with van der Waals surface area (Å²) in [7, 11) is 1.97. The summed E-state index contributed by atoms with van der Waals surface area (Å²) in [6.45, 7) is 0.670. The van der Waals surface area contributed by atoms with Crippen molar-refractivity contribution in [2.24, 2.45) is 0 Å². The molecule has 1 heterocycles. The van der Waals surface area contributed by atoms with E-state index >= 15 is 0 Å². The highest BCUT2D eigenvalue weighted by Crippen LogP contribution is 2.42. The van der Waals surface area contributed by atoms with E-state index in [0.717, 1.165) is 39.5 Å². The van der Waals surface area contributed by atoms with Crippen LogP contribution in [0, 0.1) is 17.5 Å². The van der Waals surface area contributed by atoms with Crippen LogP contribution in [-0.4, -0.2) is 20.1 Å². The van der Waals surface area contributed by atoms with Crippen molar-refractivity contribution in [2.45, 2.75) is 6.42 Å². The first-order valence-electron chi connectivity index (χ1n) is 11.3. The monoisotopic (exact) mass is 456 g/mol. The van der Waals surface area contributed by atoms with Gasteiger partial charge in [0.05, 0.1) is 7.11 Å². The van der Waals surface area contributed by atoms with Gasteiger partial charge in [0.25, 0.3) is 0 Å². The molecule has 0 fully saturated rings. The molecule has 1 aliphatic heterocycles. The third-order valence-corrected chi connectivity index (χ3v) is 6.97. The van der Waals surface area contributed by atoms with E-state index < -0.39 is 6.35 Å². The van der Waals surface area contributed by atoms with Crippen LogP contribution in [0.2, 0.25) is 0 Å². The van der Waals surface area contributed by atoms with Crippen LogP contribution in [0.25, 0.3) is 11.0 Å². The van der Waals surface area contributed by atoms with Crippen LogP contribution in [-0.2, 0) is 4.28 Å². The molecule has 0 bridgehead atoms. The van der Waals surface area contributed by atoms with Gasteiger partial charge in [-0.05, 0) is 42.0 Å². The SMILES string of the molecule is C[O+]1CCC(c2ccccc2)=C(c2ccc(F)cc2)[B-]1(c1ccc(F)cc1)c1ccc(F)cc1. The van der Waals surface area contributed by atoms with Crippen LogP contribution in [0.15, 0.2) is 103 Å². The van der Waals surface area contributed by atoms with Crippen LogP contribution in [0.1, 0.15) is 17.5 Å². The van der Waals surface area contributed by atoms with Crippen LogP contribution < -0.4 is 10.9 Å². The second-order valence-corrected chi connectivity index (χ2v) is 8.80. The predicted octanol–water partition coefficient (Wildman–Crippen LogP) is 5.90. The molecular weight excluding hydrogens is 432 g/mol. The van der Waals surface area contributed by atoms with Crippen LogP contribution >= 0.6 is 0 Å². The Morgan fingerprint density at radius 1 is 0.588 bits per heavy atom. The van der Waals surface area contributed by atoms with Gasteiger partial charge in [-0.1, -0.05) is 77.9 Å². The first-order chi connectivity index (χ1) is 16.5. The summed E-state index contributed by atoms with van der Waals surface area (Å²) in [6, 6.07) is 29.6. The molecule has 0 saturated heterocycles. The molecule has 0 aliphatic carbocycles. The highest BCUT2D eigenvalue weighted by molar-refractivity contribution is 7.12. The van der Waals surface area contributed by atoms with Crippen LogP contribution in [0.4, 0.5) is 13.2 Å². The number of benzene rings is 4. The summed E-state index contributed by atoms with van der Waals surface area (Å²) in [5, 5.41) is 0. The van der Waals surface area contributed by atoms with E-state index in [0.29, 0.717) is 6.61 Å². The van der Waals surface area contributed by atoms with Gasteiger partial charge in [0, 0.05) is 6.42 Å². The number of hydrogen-bond acceptors (Lipinski definition) is 0. The summed E-state index contributed by atoms with van der Waals surface area (Å²) < 4.78 is 45.3. The summed E-state index contributed by atoms with van der Waals surface area (Å²) in [5.41, 5.74) is 5.84. The Morgan fingerprint density at radius 3 is 1.56 bits per heavy atom. The molecule has 4 aromatic carbocycles. The fourth-order valence-electron chi connectivity index (χ4n) is 5.46. The first-order valence-corrected chi connectivity index (χ1v) is 11.3. The van der Waals surface area contributed by atoms with E-state index in [1.54, 1.807) is 36.4 Å². The minimum atomic E-state index is -1.88. The Bertz CT molecular complexity index is 1270. The topological polar surface area (TPSA) is 2.70 Å². The third-order valence-electron chi connectivity index (χ3n) is 6.97. The summed E-state index contributed by atoms with van der Waals surface area (Å²) in [6.07, 6.45) is -1.13. The largest absolute Gasteiger partial charge is 0.662 e. The number of rotatable bonds is 4. The first kappa shape index (κ1) is 22.2. The standard InChI is InChI=1S/C29H24BF3O/c1-34-20-19-28(21-5-3-2-4-6-21)29(22-7-13-25(31)14-8-22)30(34,23-9-15-26(32)16-10-23)24-11-17-27(33)18-12-24/h2-18H,19-20H2,1H3. The molecule has 0 N–H and O–H groups in total. The van der Waals surface area contributed by atoms with E-state index in [2.05, 4.69) is 16.4 Å². The maximum Gasteiger partial charge on any atom is 0.377 e. The molecule has 0 amide bonds. The van der Waals surface area contributed by atoms with E-state index in [4.69, 9.17) is 0 Å². The molecule has 0 radical (unpaired) electrons. The van der Waals surface area contributed by atoms with Gasteiger partial charge in [0.15, 0.2) is 0 Å². The lowest BCUT2D eigenvalue weighted by atomic mass is 9.25. The molecule has 1 nitrogen and oxygen atoms in total. The van der Waals surface area contributed by atoms with Crippen molar-refractivity contribution in [3.05, 3.63) is 132 Å². The number of halogens is 3. The third kappa shape index (κ3) is 3.76. The Balaban J connectivity index is 1.92. The molecule has 0 saturated carbocycles. The molecule has 1 aliphatic rings. The Kier molecular flexibility index (Phi) is 5.88. The van der Waals surface area contributed by atoms with Gasteiger partial charge in [-0.3, -0.25) is 0 Å². The van der Waals surface area contributed by atoms with Crippen molar-refractivity contribution in [2.75, 3.05) is 13.7 Å². The van der Waals surface area contributed by atoms with Gasteiger partial charge < -0.3 is 4.28 Å². The van der Waals surface area contributed by atoms with E-state index in [1.165, 1.54) is 36.4 Å². The van der Waals surface area contributed by atoms with Crippen molar-refractivity contribution < 1.29 is 17.5 Å². The van der Waals surface area contributed by atoms with Crippen molar-refractivity contribution in [3.63, 3.8) is 0 Å². The highest BCUT2D eigenvalue weighted by atomic mass is 19.1. The molecule has 5 heteroatoms. The Labute approximate surface area is 197 Å². The normalized spacial score (nSPS) is 16.0. The van der Waals surface area contributed by atoms with E-state index in [-0.39, 0.29) is 17.5 Å². The predicted molar refractivity (Wildman–Crippen MR) is 134 cm³/mol. The zero-order valence-electron chi connectivity index (χ0n) is 18.8. The van der Waals surface area contributed by atoms with Gasteiger partial charge in [-0.2, -0.15) is 0 Å². The average molecular weight is 456 g/mol. The lowest BCUT2D eigenvalue weighted by Crippen LogP contribution is -2.68. The number of hydrogen-bond donors (Lipinski definition) is 0. The summed E-state index contributed by atoms with van der Waals surface area (Å²) in [4.78, 5) is 0. The summed E-state index contributed by atoms with van der Waals surface area (Å²) >= 11 is 0. The Hall–Kier alpha value is -3.57. The lowest BCUT2D eigenvalue weighted by Gasteiger charge is -2.52. The van der Waals surface area contributed by atoms with Crippen molar-refractivity contribution in [1.82, 2.24) is 0 Å². The smallest absolute Gasteiger partial charge is 0.377 e. The summed E-state index contributed by atoms with van der Waals surface area (Å²) in [5.74, 6) is -0.968. The maximum absolute atomic E-state index is 14.0. The van der Waals surface area contributed by atoms with Crippen LogP contribution in [0.5, 0.6) is 0 Å². The Morgan fingerprint density at radius 2 is 1.06 bits per heavy atom. The quantitative estimate of drug-likeness (QED) is 0.266. The second-order valence-electron chi connectivity index (χ2n) is 8.80. The highest BCUT2D eigenvalue weighted by Gasteiger charge is 2.49. The zero-order valence-corrected chi connectivity index (χ0v) is 18.8. The van der Waals surface area contributed by atoms with Gasteiger partial charge in [0.1, 0.15) is 24.1 Å². The molecule has 34 heavy (non-hydrogen) atoms. The molecule has 4 aromatic rings. The van der Waals surface area contributed by atoms with Crippen molar-refractivity contribution >= 4 is 28.3 Å². The van der Waals surface area contributed by atoms with Gasteiger partial charge >= 0.3 is 6.35 Å². The van der Waals surface area contributed by atoms with E-state index in [1.807, 2.05) is 25.3 Å². The van der Waals surface area contributed by atoms with Gasteiger partial charge in [0.2, 0.25) is 0 Å². The van der Waals surface area contributed by atoms with Crippen molar-refractivity contribution in [3.8, 4) is 0 Å². The van der Waals surface area contributed by atoms with Gasteiger partial charge in [-0.25, -0.2) is 13.2 Å². The lowest BCUT2D eigenvalue weighted by molar-refractivity contribution is 0.0582. The minimum absolute atomic E-state index is 0.316. The van der Waals surface area contributed by atoms with E-state index in [9.17, 15) is 13.2 Å². The molecular formula is C29H24BF3O. The molecule has 0 atom stereocenters. The second kappa shape index (κ2) is 9.00.